The van der Waals surface area contributed by atoms with E-state index in [4.69, 9.17) is 14.2 Å². The number of nitrogens with zero attached hydrogens (tertiary/aromatic N) is 3. The summed E-state index contributed by atoms with van der Waals surface area (Å²) < 4.78 is 17.3. The van der Waals surface area contributed by atoms with Crippen molar-refractivity contribution in [2.24, 2.45) is 0 Å². The van der Waals surface area contributed by atoms with Crippen LogP contribution >= 0.6 is 0 Å². The molecular formula is C15H23N3O4Si. The number of ether oxygens (including phenoxy) is 3. The molecule has 2 rings (SSSR count). The van der Waals surface area contributed by atoms with Crippen LogP contribution in [-0.2, 0) is 16.2 Å². The molecule has 1 aromatic heterocycles. The lowest BCUT2D eigenvalue weighted by molar-refractivity contribution is 0.0596. The second-order valence-electron chi connectivity index (χ2n) is 6.47. The number of aromatic nitrogens is 3. The fourth-order valence-corrected chi connectivity index (χ4v) is 2.81. The number of rotatable bonds is 7. The molecule has 0 bridgehead atoms. The van der Waals surface area contributed by atoms with Crippen LogP contribution in [-0.4, -0.2) is 49.9 Å². The molecule has 23 heavy (non-hydrogen) atoms. The average Bonchev–Trinajstić information content (AvgIpc) is 2.90. The van der Waals surface area contributed by atoms with Crippen LogP contribution in [0.2, 0.25) is 25.7 Å². The molecule has 0 amide bonds. The monoisotopic (exact) mass is 337 g/mol. The number of esters is 1. The van der Waals surface area contributed by atoms with Gasteiger partial charge in [0.2, 0.25) is 0 Å². The molecule has 0 aliphatic rings. The predicted octanol–water partition coefficient (Wildman–Crippen LogP) is 2.54. The first-order valence-corrected chi connectivity index (χ1v) is 11.1. The zero-order valence-corrected chi connectivity index (χ0v) is 15.3. The van der Waals surface area contributed by atoms with E-state index in [0.717, 1.165) is 6.04 Å². The lowest BCUT2D eigenvalue weighted by Gasteiger charge is -2.15. The molecule has 7 nitrogen and oxygen atoms in total. The van der Waals surface area contributed by atoms with E-state index in [1.54, 1.807) is 16.8 Å². The molecule has 1 heterocycles. The average molecular weight is 337 g/mol. The molecule has 0 aliphatic carbocycles. The van der Waals surface area contributed by atoms with Crippen molar-refractivity contribution >= 4 is 25.1 Å². The Kier molecular flexibility index (Phi) is 5.37. The van der Waals surface area contributed by atoms with E-state index in [0.29, 0.717) is 35.7 Å². The fourth-order valence-electron chi connectivity index (χ4n) is 2.06. The minimum absolute atomic E-state index is 0.300. The van der Waals surface area contributed by atoms with Crippen LogP contribution in [0.25, 0.3) is 11.0 Å². The fraction of sp³-hybridized carbons (Fsp3) is 0.533. The lowest BCUT2D eigenvalue weighted by atomic mass is 10.1. The van der Waals surface area contributed by atoms with E-state index in [9.17, 15) is 4.79 Å². The van der Waals surface area contributed by atoms with Gasteiger partial charge >= 0.3 is 5.97 Å². The van der Waals surface area contributed by atoms with Crippen molar-refractivity contribution in [2.45, 2.75) is 32.4 Å². The largest absolute Gasteiger partial charge is 0.496 e. The Morgan fingerprint density at radius 2 is 2.00 bits per heavy atom. The van der Waals surface area contributed by atoms with Crippen LogP contribution in [0.4, 0.5) is 0 Å². The molecule has 0 fully saturated rings. The summed E-state index contributed by atoms with van der Waals surface area (Å²) in [5.74, 6) is -0.0489. The second-order valence-corrected chi connectivity index (χ2v) is 12.1. The number of hydrogen-bond donors (Lipinski definition) is 0. The minimum atomic E-state index is -1.12. The zero-order chi connectivity index (χ0) is 17.0. The van der Waals surface area contributed by atoms with Gasteiger partial charge in [0, 0.05) is 20.7 Å². The van der Waals surface area contributed by atoms with Crippen LogP contribution < -0.4 is 4.74 Å². The SMILES string of the molecule is COC(=O)c1cc2c(cc1OC)nnn2COCC[Si](C)(C)C. The summed E-state index contributed by atoms with van der Waals surface area (Å²) >= 11 is 0. The molecule has 0 saturated heterocycles. The van der Waals surface area contributed by atoms with Gasteiger partial charge in [-0.05, 0) is 12.1 Å². The highest BCUT2D eigenvalue weighted by Crippen LogP contribution is 2.25. The standard InChI is InChI=1S/C15H23N3O4Si/c1-20-14-9-12-13(8-11(14)15(19)21-2)18(17-16-12)10-22-6-7-23(3,4)5/h8-9H,6-7,10H2,1-5H3. The van der Waals surface area contributed by atoms with E-state index in [1.807, 2.05) is 0 Å². The molecule has 0 unspecified atom stereocenters. The van der Waals surface area contributed by atoms with Gasteiger partial charge in [-0.2, -0.15) is 0 Å². The quantitative estimate of drug-likeness (QED) is 0.439. The van der Waals surface area contributed by atoms with Gasteiger partial charge in [-0.1, -0.05) is 24.9 Å². The second kappa shape index (κ2) is 7.09. The first kappa shape index (κ1) is 17.4. The third kappa shape index (κ3) is 4.29. The van der Waals surface area contributed by atoms with E-state index < -0.39 is 14.0 Å². The van der Waals surface area contributed by atoms with Crippen LogP contribution in [0.5, 0.6) is 5.75 Å². The van der Waals surface area contributed by atoms with Crippen molar-refractivity contribution in [2.75, 3.05) is 20.8 Å². The number of methoxy groups -OCH3 is 2. The third-order valence-corrected chi connectivity index (χ3v) is 5.15. The van der Waals surface area contributed by atoms with Crippen molar-refractivity contribution in [3.8, 4) is 5.75 Å². The first-order valence-electron chi connectivity index (χ1n) is 7.43. The molecule has 2 aromatic rings. The normalized spacial score (nSPS) is 11.7. The van der Waals surface area contributed by atoms with Gasteiger partial charge in [-0.15, -0.1) is 5.10 Å². The van der Waals surface area contributed by atoms with Crippen molar-refractivity contribution in [3.63, 3.8) is 0 Å². The molecule has 126 valence electrons. The summed E-state index contributed by atoms with van der Waals surface area (Å²) in [6, 6.07) is 4.43. The minimum Gasteiger partial charge on any atom is -0.496 e. The van der Waals surface area contributed by atoms with E-state index in [2.05, 4.69) is 30.0 Å². The Hall–Kier alpha value is -1.93. The number of benzene rings is 1. The van der Waals surface area contributed by atoms with Gasteiger partial charge in [0.25, 0.3) is 0 Å². The molecule has 1 aromatic carbocycles. The molecule has 0 aliphatic heterocycles. The van der Waals surface area contributed by atoms with Gasteiger partial charge in [0.1, 0.15) is 23.6 Å². The molecule has 0 spiro atoms. The first-order chi connectivity index (χ1) is 10.9. The number of hydrogen-bond acceptors (Lipinski definition) is 6. The van der Waals surface area contributed by atoms with Gasteiger partial charge in [0.15, 0.2) is 0 Å². The van der Waals surface area contributed by atoms with Gasteiger partial charge < -0.3 is 14.2 Å². The van der Waals surface area contributed by atoms with Gasteiger partial charge in [-0.3, -0.25) is 0 Å². The zero-order valence-electron chi connectivity index (χ0n) is 14.3. The maximum absolute atomic E-state index is 11.9. The molecule has 8 heteroatoms. The smallest absolute Gasteiger partial charge is 0.341 e. The van der Waals surface area contributed by atoms with E-state index in [1.165, 1.54) is 14.2 Å². The molecule has 0 radical (unpaired) electrons. The summed E-state index contributed by atoms with van der Waals surface area (Å²) in [4.78, 5) is 11.9. The highest BCUT2D eigenvalue weighted by molar-refractivity contribution is 6.76. The molecular weight excluding hydrogens is 314 g/mol. The van der Waals surface area contributed by atoms with Crippen molar-refractivity contribution in [3.05, 3.63) is 17.7 Å². The maximum Gasteiger partial charge on any atom is 0.341 e. The molecule has 0 atom stereocenters. The Bertz CT molecular complexity index is 694. The van der Waals surface area contributed by atoms with Gasteiger partial charge in [-0.25, -0.2) is 9.48 Å². The Morgan fingerprint density at radius 1 is 1.26 bits per heavy atom. The predicted molar refractivity (Wildman–Crippen MR) is 89.5 cm³/mol. The van der Waals surface area contributed by atoms with E-state index in [-0.39, 0.29) is 0 Å². The topological polar surface area (TPSA) is 75.5 Å². The Balaban J connectivity index is 2.20. The number of fused-ring (bicyclic) bond motifs is 1. The summed E-state index contributed by atoms with van der Waals surface area (Å²) in [6.07, 6.45) is 0. The van der Waals surface area contributed by atoms with Crippen LogP contribution in [0.15, 0.2) is 12.1 Å². The van der Waals surface area contributed by atoms with Crippen LogP contribution in [0.3, 0.4) is 0 Å². The highest BCUT2D eigenvalue weighted by Gasteiger charge is 2.17. The lowest BCUT2D eigenvalue weighted by Crippen LogP contribution is -2.22. The summed E-state index contributed by atoms with van der Waals surface area (Å²) in [5, 5.41) is 8.17. The Labute approximate surface area is 136 Å². The maximum atomic E-state index is 11.9. The van der Waals surface area contributed by atoms with Crippen molar-refractivity contribution in [1.82, 2.24) is 15.0 Å². The van der Waals surface area contributed by atoms with Gasteiger partial charge in [0.05, 0.1) is 19.7 Å². The highest BCUT2D eigenvalue weighted by atomic mass is 28.3. The third-order valence-electron chi connectivity index (χ3n) is 3.45. The summed E-state index contributed by atoms with van der Waals surface area (Å²) in [6.45, 7) is 7.90. The molecule has 0 saturated carbocycles. The number of carbonyl (C=O) groups excluding carboxylic acids is 1. The van der Waals surface area contributed by atoms with Crippen LogP contribution in [0, 0.1) is 0 Å². The van der Waals surface area contributed by atoms with E-state index >= 15 is 0 Å². The summed E-state index contributed by atoms with van der Waals surface area (Å²) in [7, 11) is 1.71. The van der Waals surface area contributed by atoms with Crippen LogP contribution in [0.1, 0.15) is 10.4 Å². The van der Waals surface area contributed by atoms with Crippen molar-refractivity contribution in [1.29, 1.82) is 0 Å². The number of carbonyl (C=O) groups is 1. The Morgan fingerprint density at radius 3 is 2.61 bits per heavy atom. The summed E-state index contributed by atoms with van der Waals surface area (Å²) in [5.41, 5.74) is 1.69. The van der Waals surface area contributed by atoms with Crippen molar-refractivity contribution < 1.29 is 19.0 Å². The molecule has 0 N–H and O–H groups in total.